The van der Waals surface area contributed by atoms with Gasteiger partial charge in [-0.2, -0.15) is 0 Å². The van der Waals surface area contributed by atoms with E-state index >= 15 is 0 Å². The number of amides is 1. The molecule has 0 bridgehead atoms. The summed E-state index contributed by atoms with van der Waals surface area (Å²) in [6.45, 7) is 2.79. The summed E-state index contributed by atoms with van der Waals surface area (Å²) in [7, 11) is 0. The average molecular weight is 405 g/mol. The molecule has 0 radical (unpaired) electrons. The van der Waals surface area contributed by atoms with Crippen LogP contribution in [-0.4, -0.2) is 26.4 Å². The number of rotatable bonds is 7. The molecular weight excluding hydrogens is 388 g/mol. The third-order valence-electron chi connectivity index (χ3n) is 3.46. The number of carbonyl (C=O) groups excluding carboxylic acids is 1. The van der Waals surface area contributed by atoms with Crippen LogP contribution in [0.25, 0.3) is 0 Å². The van der Waals surface area contributed by atoms with E-state index < -0.39 is 0 Å². The van der Waals surface area contributed by atoms with Gasteiger partial charge in [0.15, 0.2) is 5.16 Å². The third-order valence-corrected chi connectivity index (χ3v) is 5.77. The Morgan fingerprint density at radius 3 is 2.73 bits per heavy atom. The number of carbonyl (C=O) groups is 1. The van der Waals surface area contributed by atoms with Crippen molar-refractivity contribution >= 4 is 46.7 Å². The lowest BCUT2D eigenvalue weighted by molar-refractivity contribution is -0.113. The van der Waals surface area contributed by atoms with Gasteiger partial charge in [-0.3, -0.25) is 4.79 Å². The highest BCUT2D eigenvalue weighted by Gasteiger charge is 2.11. The SMILES string of the molecule is CCn1cnnc1SCC(=O)Nc1ccccc1Sc1ccc(Cl)cc1. The third kappa shape index (κ3) is 5.03. The largest absolute Gasteiger partial charge is 0.324 e. The van der Waals surface area contributed by atoms with Crippen molar-refractivity contribution in [2.45, 2.75) is 28.4 Å². The Balaban J connectivity index is 1.64. The van der Waals surface area contributed by atoms with Gasteiger partial charge in [-0.1, -0.05) is 47.3 Å². The van der Waals surface area contributed by atoms with Gasteiger partial charge in [-0.05, 0) is 43.3 Å². The van der Waals surface area contributed by atoms with Crippen molar-refractivity contribution in [1.82, 2.24) is 14.8 Å². The minimum atomic E-state index is -0.0789. The first-order valence-electron chi connectivity index (χ1n) is 7.98. The van der Waals surface area contributed by atoms with E-state index in [4.69, 9.17) is 11.6 Å². The molecule has 1 N–H and O–H groups in total. The van der Waals surface area contributed by atoms with Gasteiger partial charge in [0.2, 0.25) is 5.91 Å². The number of benzene rings is 2. The van der Waals surface area contributed by atoms with Gasteiger partial charge in [0.05, 0.1) is 11.4 Å². The molecule has 0 spiro atoms. The Morgan fingerprint density at radius 2 is 1.96 bits per heavy atom. The Morgan fingerprint density at radius 1 is 1.19 bits per heavy atom. The van der Waals surface area contributed by atoms with E-state index in [1.165, 1.54) is 11.8 Å². The lowest BCUT2D eigenvalue weighted by atomic mass is 10.3. The van der Waals surface area contributed by atoms with Gasteiger partial charge >= 0.3 is 0 Å². The van der Waals surface area contributed by atoms with E-state index in [1.807, 2.05) is 60.0 Å². The molecule has 1 amide bonds. The first-order chi connectivity index (χ1) is 12.7. The van der Waals surface area contributed by atoms with E-state index in [-0.39, 0.29) is 11.7 Å². The zero-order valence-corrected chi connectivity index (χ0v) is 16.4. The molecule has 1 aromatic heterocycles. The van der Waals surface area contributed by atoms with Gasteiger partial charge in [-0.15, -0.1) is 10.2 Å². The molecule has 3 aromatic rings. The standard InChI is InChI=1S/C18H17ClN4OS2/c1-2-23-12-20-22-18(23)25-11-17(24)21-15-5-3-4-6-16(15)26-14-9-7-13(19)8-10-14/h3-10,12H,2,11H2,1H3,(H,21,24). The summed E-state index contributed by atoms with van der Waals surface area (Å²) < 4.78 is 1.91. The Hall–Kier alpha value is -1.96. The molecule has 0 atom stereocenters. The van der Waals surface area contributed by atoms with Crippen LogP contribution in [0.1, 0.15) is 6.92 Å². The smallest absolute Gasteiger partial charge is 0.234 e. The first-order valence-corrected chi connectivity index (χ1v) is 10.2. The van der Waals surface area contributed by atoms with Crippen LogP contribution in [0.5, 0.6) is 0 Å². The van der Waals surface area contributed by atoms with Crippen molar-refractivity contribution in [1.29, 1.82) is 0 Å². The molecule has 26 heavy (non-hydrogen) atoms. The second-order valence-electron chi connectivity index (χ2n) is 5.29. The molecule has 0 aliphatic carbocycles. The first kappa shape index (κ1) is 18.8. The molecule has 0 fully saturated rings. The van der Waals surface area contributed by atoms with Crippen molar-refractivity contribution in [3.05, 3.63) is 59.9 Å². The molecule has 0 unspecified atom stereocenters. The van der Waals surface area contributed by atoms with Gasteiger partial charge in [0, 0.05) is 21.4 Å². The summed E-state index contributed by atoms with van der Waals surface area (Å²) in [5, 5.41) is 12.3. The number of halogens is 1. The number of nitrogens with one attached hydrogen (secondary N) is 1. The van der Waals surface area contributed by atoms with Gasteiger partial charge in [0.25, 0.3) is 0 Å². The molecule has 0 aliphatic heterocycles. The maximum atomic E-state index is 12.3. The molecule has 134 valence electrons. The van der Waals surface area contributed by atoms with Crippen LogP contribution < -0.4 is 5.32 Å². The molecule has 0 saturated carbocycles. The van der Waals surface area contributed by atoms with Gasteiger partial charge < -0.3 is 9.88 Å². The van der Waals surface area contributed by atoms with Crippen LogP contribution in [0.15, 0.2) is 69.8 Å². The summed E-state index contributed by atoms with van der Waals surface area (Å²) in [6, 6.07) is 15.4. The van der Waals surface area contributed by atoms with E-state index in [0.717, 1.165) is 27.2 Å². The molecular formula is C18H17ClN4OS2. The lowest BCUT2D eigenvalue weighted by Gasteiger charge is -2.11. The molecule has 3 rings (SSSR count). The van der Waals surface area contributed by atoms with Crippen LogP contribution >= 0.6 is 35.1 Å². The second kappa shape index (κ2) is 9.12. The Bertz CT molecular complexity index is 883. The van der Waals surface area contributed by atoms with Crippen LogP contribution in [-0.2, 0) is 11.3 Å². The topological polar surface area (TPSA) is 59.8 Å². The van der Waals surface area contributed by atoms with Crippen molar-refractivity contribution in [3.63, 3.8) is 0 Å². The second-order valence-corrected chi connectivity index (χ2v) is 7.78. The number of para-hydroxylation sites is 1. The van der Waals surface area contributed by atoms with E-state index in [0.29, 0.717) is 5.02 Å². The average Bonchev–Trinajstić information content (AvgIpc) is 3.11. The van der Waals surface area contributed by atoms with E-state index in [1.54, 1.807) is 18.1 Å². The normalized spacial score (nSPS) is 10.7. The van der Waals surface area contributed by atoms with Crippen LogP contribution in [0.3, 0.4) is 0 Å². The minimum absolute atomic E-state index is 0.0789. The summed E-state index contributed by atoms with van der Waals surface area (Å²) in [5.74, 6) is 0.198. The number of thioether (sulfide) groups is 1. The number of anilines is 1. The van der Waals surface area contributed by atoms with Gasteiger partial charge in [0.1, 0.15) is 6.33 Å². The predicted molar refractivity (Wildman–Crippen MR) is 107 cm³/mol. The molecule has 1 heterocycles. The zero-order chi connectivity index (χ0) is 18.4. The number of aryl methyl sites for hydroxylation is 1. The molecule has 2 aromatic carbocycles. The number of hydrogen-bond donors (Lipinski definition) is 1. The fourth-order valence-electron chi connectivity index (χ4n) is 2.18. The van der Waals surface area contributed by atoms with Crippen molar-refractivity contribution in [3.8, 4) is 0 Å². The molecule has 8 heteroatoms. The maximum absolute atomic E-state index is 12.3. The van der Waals surface area contributed by atoms with Crippen LogP contribution in [0.4, 0.5) is 5.69 Å². The predicted octanol–water partition coefficient (Wildman–Crippen LogP) is 4.83. The fraction of sp³-hybridized carbons (Fsp3) is 0.167. The van der Waals surface area contributed by atoms with Gasteiger partial charge in [-0.25, -0.2) is 0 Å². The van der Waals surface area contributed by atoms with E-state index in [2.05, 4.69) is 15.5 Å². The Labute approximate surface area is 165 Å². The number of hydrogen-bond acceptors (Lipinski definition) is 5. The summed E-state index contributed by atoms with van der Waals surface area (Å²) in [5.41, 5.74) is 0.787. The van der Waals surface area contributed by atoms with Crippen molar-refractivity contribution in [2.24, 2.45) is 0 Å². The van der Waals surface area contributed by atoms with Crippen molar-refractivity contribution in [2.75, 3.05) is 11.1 Å². The zero-order valence-electron chi connectivity index (χ0n) is 14.1. The maximum Gasteiger partial charge on any atom is 0.234 e. The monoisotopic (exact) mass is 404 g/mol. The summed E-state index contributed by atoms with van der Waals surface area (Å²) in [6.07, 6.45) is 1.66. The lowest BCUT2D eigenvalue weighted by Crippen LogP contribution is -2.15. The van der Waals surface area contributed by atoms with E-state index in [9.17, 15) is 4.79 Å². The fourth-order valence-corrected chi connectivity index (χ4v) is 3.98. The highest BCUT2D eigenvalue weighted by Crippen LogP contribution is 2.34. The number of aromatic nitrogens is 3. The summed E-state index contributed by atoms with van der Waals surface area (Å²) in [4.78, 5) is 14.4. The highest BCUT2D eigenvalue weighted by molar-refractivity contribution is 8.00. The summed E-state index contributed by atoms with van der Waals surface area (Å²) >= 11 is 8.89. The quantitative estimate of drug-likeness (QED) is 0.571. The minimum Gasteiger partial charge on any atom is -0.324 e. The number of nitrogens with zero attached hydrogens (tertiary/aromatic N) is 3. The Kier molecular flexibility index (Phi) is 6.60. The molecule has 0 aliphatic rings. The van der Waals surface area contributed by atoms with Crippen LogP contribution in [0, 0.1) is 0 Å². The van der Waals surface area contributed by atoms with Crippen LogP contribution in [0.2, 0.25) is 5.02 Å². The highest BCUT2D eigenvalue weighted by atomic mass is 35.5. The molecule has 0 saturated heterocycles. The van der Waals surface area contributed by atoms with Crippen molar-refractivity contribution < 1.29 is 4.79 Å². The molecule has 5 nitrogen and oxygen atoms in total.